The fourth-order valence-corrected chi connectivity index (χ4v) is 1.34. The summed E-state index contributed by atoms with van der Waals surface area (Å²) >= 11 is 0. The van der Waals surface area contributed by atoms with Crippen LogP contribution in [-0.4, -0.2) is 24.3 Å². The van der Waals surface area contributed by atoms with E-state index >= 15 is 0 Å². The Balaban J connectivity index is 3.28. The van der Waals surface area contributed by atoms with Crippen molar-refractivity contribution in [2.75, 3.05) is 11.9 Å². The van der Waals surface area contributed by atoms with Gasteiger partial charge in [-0.3, -0.25) is 14.9 Å². The second kappa shape index (κ2) is 4.74. The van der Waals surface area contributed by atoms with Gasteiger partial charge in [-0.25, -0.2) is 0 Å². The lowest BCUT2D eigenvalue weighted by Gasteiger charge is -2.23. The Morgan fingerprint density at radius 3 is 2.50 bits per heavy atom. The van der Waals surface area contributed by atoms with Gasteiger partial charge in [0.15, 0.2) is 0 Å². The molecule has 0 radical (unpaired) electrons. The van der Waals surface area contributed by atoms with Gasteiger partial charge >= 0.3 is 0 Å². The number of carbonyl (C=O) groups excluding carboxylic acids is 1. The molecule has 0 fully saturated rings. The van der Waals surface area contributed by atoms with Crippen LogP contribution in [-0.2, 0) is 0 Å². The lowest BCUT2D eigenvalue weighted by atomic mass is 10.1. The SMILES string of the molecule is CC(C)N(C)c1ccc(C=O)cc1[N+](=O)[O-]. The normalized spacial score (nSPS) is 10.2. The molecule has 0 bridgehead atoms. The molecular formula is C11H14N2O3. The van der Waals surface area contributed by atoms with E-state index in [1.807, 2.05) is 13.8 Å². The molecule has 0 amide bonds. The second-order valence-electron chi connectivity index (χ2n) is 3.83. The summed E-state index contributed by atoms with van der Waals surface area (Å²) in [7, 11) is 1.79. The fraction of sp³-hybridized carbons (Fsp3) is 0.364. The fourth-order valence-electron chi connectivity index (χ4n) is 1.34. The summed E-state index contributed by atoms with van der Waals surface area (Å²) in [6.07, 6.45) is 0.603. The van der Waals surface area contributed by atoms with Crippen LogP contribution in [0.25, 0.3) is 0 Å². The van der Waals surface area contributed by atoms with Gasteiger partial charge in [0, 0.05) is 24.7 Å². The lowest BCUT2D eigenvalue weighted by Crippen LogP contribution is -2.26. The topological polar surface area (TPSA) is 63.5 Å². The molecule has 0 aromatic heterocycles. The van der Waals surface area contributed by atoms with Crippen molar-refractivity contribution < 1.29 is 9.72 Å². The third-order valence-electron chi connectivity index (χ3n) is 2.49. The van der Waals surface area contributed by atoms with Crippen LogP contribution >= 0.6 is 0 Å². The molecule has 0 saturated heterocycles. The summed E-state index contributed by atoms with van der Waals surface area (Å²) in [4.78, 5) is 22.8. The third-order valence-corrected chi connectivity index (χ3v) is 2.49. The molecule has 0 atom stereocenters. The Morgan fingerprint density at radius 2 is 2.06 bits per heavy atom. The van der Waals surface area contributed by atoms with E-state index in [1.165, 1.54) is 6.07 Å². The van der Waals surface area contributed by atoms with Crippen LogP contribution in [0.1, 0.15) is 24.2 Å². The molecule has 0 N–H and O–H groups in total. The quantitative estimate of drug-likeness (QED) is 0.445. The summed E-state index contributed by atoms with van der Waals surface area (Å²) in [5.74, 6) is 0. The monoisotopic (exact) mass is 222 g/mol. The first kappa shape index (κ1) is 12.2. The summed E-state index contributed by atoms with van der Waals surface area (Å²) < 4.78 is 0. The van der Waals surface area contributed by atoms with Gasteiger partial charge in [-0.1, -0.05) is 0 Å². The Hall–Kier alpha value is -1.91. The van der Waals surface area contributed by atoms with Crippen LogP contribution < -0.4 is 4.90 Å². The molecule has 5 heteroatoms. The molecule has 0 aliphatic heterocycles. The van der Waals surface area contributed by atoms with E-state index in [0.717, 1.165) is 0 Å². The largest absolute Gasteiger partial charge is 0.367 e. The van der Waals surface area contributed by atoms with Crippen molar-refractivity contribution in [3.63, 3.8) is 0 Å². The number of nitro benzene ring substituents is 1. The highest BCUT2D eigenvalue weighted by atomic mass is 16.6. The van der Waals surface area contributed by atoms with E-state index in [4.69, 9.17) is 0 Å². The molecule has 0 unspecified atom stereocenters. The first-order chi connectivity index (χ1) is 7.47. The predicted molar refractivity (Wildman–Crippen MR) is 62.0 cm³/mol. The smallest absolute Gasteiger partial charge is 0.293 e. The van der Waals surface area contributed by atoms with Crippen molar-refractivity contribution in [2.45, 2.75) is 19.9 Å². The van der Waals surface area contributed by atoms with Gasteiger partial charge in [0.25, 0.3) is 5.69 Å². The van der Waals surface area contributed by atoms with Crippen molar-refractivity contribution in [3.8, 4) is 0 Å². The minimum absolute atomic E-state index is 0.0409. The van der Waals surface area contributed by atoms with Gasteiger partial charge in [-0.05, 0) is 26.0 Å². The van der Waals surface area contributed by atoms with Crippen LogP contribution in [0.15, 0.2) is 18.2 Å². The van der Waals surface area contributed by atoms with Crippen LogP contribution in [0, 0.1) is 10.1 Å². The highest BCUT2D eigenvalue weighted by molar-refractivity contribution is 5.79. The number of anilines is 1. The lowest BCUT2D eigenvalue weighted by molar-refractivity contribution is -0.384. The first-order valence-electron chi connectivity index (χ1n) is 4.93. The van der Waals surface area contributed by atoms with Crippen molar-refractivity contribution in [1.82, 2.24) is 0 Å². The number of nitro groups is 1. The number of hydrogen-bond acceptors (Lipinski definition) is 4. The number of benzene rings is 1. The predicted octanol–water partition coefficient (Wildman–Crippen LogP) is 2.25. The van der Waals surface area contributed by atoms with Crippen molar-refractivity contribution in [1.29, 1.82) is 0 Å². The minimum Gasteiger partial charge on any atom is -0.367 e. The van der Waals surface area contributed by atoms with Crippen molar-refractivity contribution in [3.05, 3.63) is 33.9 Å². The van der Waals surface area contributed by atoms with Gasteiger partial charge < -0.3 is 4.90 Å². The molecular weight excluding hydrogens is 208 g/mol. The van der Waals surface area contributed by atoms with E-state index in [2.05, 4.69) is 0 Å². The van der Waals surface area contributed by atoms with Crippen LogP contribution in [0.4, 0.5) is 11.4 Å². The van der Waals surface area contributed by atoms with E-state index < -0.39 is 4.92 Å². The van der Waals surface area contributed by atoms with Crippen LogP contribution in [0.3, 0.4) is 0 Å². The molecule has 1 aromatic carbocycles. The number of aldehydes is 1. The molecule has 5 nitrogen and oxygen atoms in total. The van der Waals surface area contributed by atoms with Crippen LogP contribution in [0.5, 0.6) is 0 Å². The average molecular weight is 222 g/mol. The van der Waals surface area contributed by atoms with Gasteiger partial charge in [0.05, 0.1) is 4.92 Å². The Labute approximate surface area is 93.8 Å². The van der Waals surface area contributed by atoms with Gasteiger partial charge in [-0.2, -0.15) is 0 Å². The van der Waals surface area contributed by atoms with Crippen molar-refractivity contribution in [2.24, 2.45) is 0 Å². The van der Waals surface area contributed by atoms with Crippen molar-refractivity contribution >= 4 is 17.7 Å². The molecule has 0 saturated carbocycles. The molecule has 1 rings (SSSR count). The number of nitrogens with zero attached hydrogens (tertiary/aromatic N) is 2. The zero-order chi connectivity index (χ0) is 12.3. The average Bonchev–Trinajstić information content (AvgIpc) is 2.26. The Morgan fingerprint density at radius 1 is 1.44 bits per heavy atom. The summed E-state index contributed by atoms with van der Waals surface area (Å²) in [6.45, 7) is 3.88. The molecule has 0 aliphatic rings. The summed E-state index contributed by atoms with van der Waals surface area (Å²) in [5, 5.41) is 10.9. The van der Waals surface area contributed by atoms with E-state index in [-0.39, 0.29) is 11.7 Å². The zero-order valence-electron chi connectivity index (χ0n) is 9.51. The molecule has 16 heavy (non-hydrogen) atoms. The van der Waals surface area contributed by atoms with Crippen LogP contribution in [0.2, 0.25) is 0 Å². The highest BCUT2D eigenvalue weighted by Gasteiger charge is 2.19. The zero-order valence-corrected chi connectivity index (χ0v) is 9.51. The standard InChI is InChI=1S/C11H14N2O3/c1-8(2)12(3)10-5-4-9(7-14)6-11(10)13(15)16/h4-8H,1-3H3. The van der Waals surface area contributed by atoms with E-state index in [1.54, 1.807) is 24.1 Å². The first-order valence-corrected chi connectivity index (χ1v) is 4.93. The number of carbonyl (C=O) groups is 1. The Bertz CT molecular complexity index is 416. The van der Waals surface area contributed by atoms with E-state index in [9.17, 15) is 14.9 Å². The number of rotatable bonds is 4. The second-order valence-corrected chi connectivity index (χ2v) is 3.83. The molecule has 1 aromatic rings. The van der Waals surface area contributed by atoms with E-state index in [0.29, 0.717) is 17.5 Å². The molecule has 0 heterocycles. The maximum Gasteiger partial charge on any atom is 0.293 e. The van der Waals surface area contributed by atoms with Gasteiger partial charge in [0.2, 0.25) is 0 Å². The molecule has 0 aliphatic carbocycles. The minimum atomic E-state index is -0.471. The molecule has 86 valence electrons. The van der Waals surface area contributed by atoms with Gasteiger partial charge in [-0.15, -0.1) is 0 Å². The van der Waals surface area contributed by atoms with Gasteiger partial charge in [0.1, 0.15) is 12.0 Å². The number of hydrogen-bond donors (Lipinski definition) is 0. The molecule has 0 spiro atoms. The third kappa shape index (κ3) is 2.36. The Kier molecular flexibility index (Phi) is 3.60. The summed E-state index contributed by atoms with van der Waals surface area (Å²) in [6, 6.07) is 4.62. The summed E-state index contributed by atoms with van der Waals surface area (Å²) in [5.41, 5.74) is 0.791. The maximum absolute atomic E-state index is 10.9. The maximum atomic E-state index is 10.9. The highest BCUT2D eigenvalue weighted by Crippen LogP contribution is 2.29.